The average Bonchev–Trinajstić information content (AvgIpc) is 1.98. The van der Waals surface area contributed by atoms with Crippen molar-refractivity contribution >= 4 is 5.97 Å². The van der Waals surface area contributed by atoms with Crippen molar-refractivity contribution in [3.63, 3.8) is 0 Å². The van der Waals surface area contributed by atoms with Crippen LogP contribution in [0, 0.1) is 0 Å². The number of carbonyl (C=O) groups excluding carboxylic acids is 1. The lowest BCUT2D eigenvalue weighted by Crippen LogP contribution is -2.16. The molecule has 0 aliphatic carbocycles. The summed E-state index contributed by atoms with van der Waals surface area (Å²) in [7, 11) is 0. The number of esters is 1. The Bertz CT molecular complexity index is 195. The Hall–Kier alpha value is -0.830. The van der Waals surface area contributed by atoms with E-state index < -0.39 is 0 Å². The van der Waals surface area contributed by atoms with E-state index in [4.69, 9.17) is 10.5 Å². The standard InChI is InChI=1S/C10H19NO2/c1-7(2)13-10(12)6-5-8(3)9(4)11/h5,7,9H,6,11H2,1-4H3. The summed E-state index contributed by atoms with van der Waals surface area (Å²) in [6, 6.07) is 0.00634. The number of ether oxygens (including phenoxy) is 1. The van der Waals surface area contributed by atoms with E-state index in [2.05, 4.69) is 0 Å². The van der Waals surface area contributed by atoms with Crippen LogP contribution in [-0.4, -0.2) is 18.1 Å². The number of carbonyl (C=O) groups is 1. The molecule has 0 amide bonds. The summed E-state index contributed by atoms with van der Waals surface area (Å²) in [4.78, 5) is 11.1. The molecule has 13 heavy (non-hydrogen) atoms. The van der Waals surface area contributed by atoms with Crippen LogP contribution in [0.1, 0.15) is 34.1 Å². The molecular weight excluding hydrogens is 166 g/mol. The number of hydrogen-bond acceptors (Lipinski definition) is 3. The van der Waals surface area contributed by atoms with E-state index in [0.717, 1.165) is 5.57 Å². The second-order valence-corrected chi connectivity index (χ2v) is 3.48. The molecule has 0 aromatic heterocycles. The van der Waals surface area contributed by atoms with Crippen molar-refractivity contribution in [2.24, 2.45) is 5.73 Å². The first-order chi connectivity index (χ1) is 5.93. The fourth-order valence-electron chi connectivity index (χ4n) is 0.741. The smallest absolute Gasteiger partial charge is 0.309 e. The van der Waals surface area contributed by atoms with Gasteiger partial charge in [0.25, 0.3) is 0 Å². The molecule has 76 valence electrons. The highest BCUT2D eigenvalue weighted by molar-refractivity contribution is 5.71. The molecule has 0 radical (unpaired) electrons. The average molecular weight is 185 g/mol. The van der Waals surface area contributed by atoms with E-state index in [1.54, 1.807) is 0 Å². The Balaban J connectivity index is 3.88. The molecule has 3 heteroatoms. The van der Waals surface area contributed by atoms with Crippen molar-refractivity contribution in [1.82, 2.24) is 0 Å². The van der Waals surface area contributed by atoms with Gasteiger partial charge >= 0.3 is 5.97 Å². The van der Waals surface area contributed by atoms with Gasteiger partial charge in [0.1, 0.15) is 0 Å². The van der Waals surface area contributed by atoms with Gasteiger partial charge in [0.05, 0.1) is 12.5 Å². The molecule has 0 spiro atoms. The van der Waals surface area contributed by atoms with Crippen LogP contribution in [0.25, 0.3) is 0 Å². The first kappa shape index (κ1) is 12.2. The molecule has 2 N–H and O–H groups in total. The first-order valence-electron chi connectivity index (χ1n) is 4.55. The molecule has 0 aliphatic rings. The highest BCUT2D eigenvalue weighted by Crippen LogP contribution is 2.01. The second kappa shape index (κ2) is 5.75. The first-order valence-corrected chi connectivity index (χ1v) is 4.55. The van der Waals surface area contributed by atoms with Crippen molar-refractivity contribution in [2.45, 2.75) is 46.3 Å². The molecule has 0 bridgehead atoms. The number of hydrogen-bond donors (Lipinski definition) is 1. The van der Waals surface area contributed by atoms with E-state index >= 15 is 0 Å². The lowest BCUT2D eigenvalue weighted by molar-refractivity contribution is -0.146. The largest absolute Gasteiger partial charge is 0.463 e. The van der Waals surface area contributed by atoms with Crippen molar-refractivity contribution in [2.75, 3.05) is 0 Å². The maximum absolute atomic E-state index is 11.1. The van der Waals surface area contributed by atoms with Gasteiger partial charge in [0.15, 0.2) is 0 Å². The van der Waals surface area contributed by atoms with Gasteiger partial charge in [-0.3, -0.25) is 4.79 Å². The molecule has 0 heterocycles. The fraction of sp³-hybridized carbons (Fsp3) is 0.700. The summed E-state index contributed by atoms with van der Waals surface area (Å²) in [5, 5.41) is 0. The van der Waals surface area contributed by atoms with Crippen LogP contribution in [0.2, 0.25) is 0 Å². The summed E-state index contributed by atoms with van der Waals surface area (Å²) in [5.41, 5.74) is 6.62. The van der Waals surface area contributed by atoms with Crippen LogP contribution in [-0.2, 0) is 9.53 Å². The third kappa shape index (κ3) is 6.34. The molecule has 0 saturated heterocycles. The summed E-state index contributed by atoms with van der Waals surface area (Å²) in [6.45, 7) is 7.47. The Morgan fingerprint density at radius 1 is 1.46 bits per heavy atom. The normalized spacial score (nSPS) is 14.5. The summed E-state index contributed by atoms with van der Waals surface area (Å²) >= 11 is 0. The summed E-state index contributed by atoms with van der Waals surface area (Å²) < 4.78 is 4.96. The van der Waals surface area contributed by atoms with Crippen LogP contribution in [0.5, 0.6) is 0 Å². The molecule has 1 atom stereocenters. The molecule has 0 fully saturated rings. The predicted octanol–water partition coefficient (Wildman–Crippen LogP) is 1.62. The van der Waals surface area contributed by atoms with Gasteiger partial charge in [0, 0.05) is 6.04 Å². The number of rotatable bonds is 4. The molecular formula is C10H19NO2. The quantitative estimate of drug-likeness (QED) is 0.535. The Morgan fingerprint density at radius 2 is 2.00 bits per heavy atom. The zero-order valence-corrected chi connectivity index (χ0v) is 8.83. The van der Waals surface area contributed by atoms with Crippen molar-refractivity contribution in [3.8, 4) is 0 Å². The Morgan fingerprint density at radius 3 is 2.38 bits per heavy atom. The molecule has 3 nitrogen and oxygen atoms in total. The summed E-state index contributed by atoms with van der Waals surface area (Å²) in [5.74, 6) is -0.199. The van der Waals surface area contributed by atoms with Crippen LogP contribution in [0.15, 0.2) is 11.6 Å². The van der Waals surface area contributed by atoms with E-state index in [-0.39, 0.29) is 18.1 Å². The highest BCUT2D eigenvalue weighted by Gasteiger charge is 2.04. The molecule has 0 aromatic rings. The second-order valence-electron chi connectivity index (χ2n) is 3.48. The molecule has 0 rings (SSSR count). The Labute approximate surface area is 79.9 Å². The minimum Gasteiger partial charge on any atom is -0.463 e. The minimum atomic E-state index is -0.199. The van der Waals surface area contributed by atoms with Gasteiger partial charge in [0.2, 0.25) is 0 Å². The van der Waals surface area contributed by atoms with E-state index in [9.17, 15) is 4.79 Å². The van der Waals surface area contributed by atoms with Gasteiger partial charge < -0.3 is 10.5 Å². The van der Waals surface area contributed by atoms with Crippen molar-refractivity contribution < 1.29 is 9.53 Å². The molecule has 0 aliphatic heterocycles. The monoisotopic (exact) mass is 185 g/mol. The van der Waals surface area contributed by atoms with E-state index in [1.165, 1.54) is 0 Å². The fourth-order valence-corrected chi connectivity index (χ4v) is 0.741. The van der Waals surface area contributed by atoms with Gasteiger partial charge in [-0.25, -0.2) is 0 Å². The lowest BCUT2D eigenvalue weighted by atomic mass is 10.1. The van der Waals surface area contributed by atoms with E-state index in [0.29, 0.717) is 6.42 Å². The van der Waals surface area contributed by atoms with Gasteiger partial charge in [-0.1, -0.05) is 11.6 Å². The topological polar surface area (TPSA) is 52.3 Å². The third-order valence-electron chi connectivity index (χ3n) is 1.68. The third-order valence-corrected chi connectivity index (χ3v) is 1.68. The van der Waals surface area contributed by atoms with Crippen LogP contribution < -0.4 is 5.73 Å². The maximum atomic E-state index is 11.1. The number of nitrogens with two attached hydrogens (primary N) is 1. The minimum absolute atomic E-state index is 0.00634. The van der Waals surface area contributed by atoms with Crippen molar-refractivity contribution in [3.05, 3.63) is 11.6 Å². The van der Waals surface area contributed by atoms with Crippen LogP contribution >= 0.6 is 0 Å². The Kier molecular flexibility index (Phi) is 5.39. The summed E-state index contributed by atoms with van der Waals surface area (Å²) in [6.07, 6.45) is 2.08. The van der Waals surface area contributed by atoms with E-state index in [1.807, 2.05) is 33.8 Å². The zero-order valence-electron chi connectivity index (χ0n) is 8.83. The highest BCUT2D eigenvalue weighted by atomic mass is 16.5. The molecule has 0 aromatic carbocycles. The van der Waals surface area contributed by atoms with Gasteiger partial charge in [-0.15, -0.1) is 0 Å². The van der Waals surface area contributed by atoms with Crippen molar-refractivity contribution in [1.29, 1.82) is 0 Å². The maximum Gasteiger partial charge on any atom is 0.309 e. The molecule has 1 unspecified atom stereocenters. The lowest BCUT2D eigenvalue weighted by Gasteiger charge is -2.07. The van der Waals surface area contributed by atoms with Crippen LogP contribution in [0.4, 0.5) is 0 Å². The van der Waals surface area contributed by atoms with Gasteiger partial charge in [-0.2, -0.15) is 0 Å². The zero-order chi connectivity index (χ0) is 10.4. The molecule has 0 saturated carbocycles. The van der Waals surface area contributed by atoms with Gasteiger partial charge in [-0.05, 0) is 27.7 Å². The SMILES string of the molecule is CC(=CCC(=O)OC(C)C)C(C)N. The predicted molar refractivity (Wildman–Crippen MR) is 53.3 cm³/mol. The van der Waals surface area contributed by atoms with Crippen LogP contribution in [0.3, 0.4) is 0 Å².